The average molecular weight is 266 g/mol. The van der Waals surface area contributed by atoms with Crippen molar-refractivity contribution in [3.63, 3.8) is 0 Å². The van der Waals surface area contributed by atoms with Crippen molar-refractivity contribution in [1.29, 1.82) is 0 Å². The fourth-order valence-corrected chi connectivity index (χ4v) is 4.72. The van der Waals surface area contributed by atoms with E-state index in [2.05, 4.69) is 11.8 Å². The third-order valence-electron chi connectivity index (χ3n) is 3.15. The highest BCUT2D eigenvalue weighted by Gasteiger charge is 2.34. The fraction of sp³-hybridized carbons (Fsp3) is 0.176. The van der Waals surface area contributed by atoms with E-state index in [1.807, 2.05) is 67.6 Å². The third-order valence-corrected chi connectivity index (χ3v) is 6.41. The van der Waals surface area contributed by atoms with Gasteiger partial charge in [-0.15, -0.1) is 11.8 Å². The van der Waals surface area contributed by atoms with Crippen LogP contribution in [0.5, 0.6) is 0 Å². The maximum absolute atomic E-state index is 11.2. The van der Waals surface area contributed by atoms with E-state index in [0.29, 0.717) is 6.04 Å². The zero-order valence-electron chi connectivity index (χ0n) is 11.1. The van der Waals surface area contributed by atoms with Crippen LogP contribution in [-0.4, -0.2) is 13.1 Å². The highest BCUT2D eigenvalue weighted by Crippen LogP contribution is 2.07. The van der Waals surface area contributed by atoms with Gasteiger partial charge in [-0.05, 0) is 10.4 Å². The van der Waals surface area contributed by atoms with Gasteiger partial charge >= 0.3 is 0 Å². The quantitative estimate of drug-likeness (QED) is 0.667. The van der Waals surface area contributed by atoms with Crippen LogP contribution in [0, 0.1) is 11.8 Å². The minimum absolute atomic E-state index is 0.550. The summed E-state index contributed by atoms with van der Waals surface area (Å²) in [6, 6.07) is 20.4. The first-order chi connectivity index (χ1) is 9.27. The summed E-state index contributed by atoms with van der Waals surface area (Å²) in [5.41, 5.74) is 0. The smallest absolute Gasteiger partial charge is 0.264 e. The highest BCUT2D eigenvalue weighted by molar-refractivity contribution is 6.96. The third kappa shape index (κ3) is 3.14. The summed E-state index contributed by atoms with van der Waals surface area (Å²) >= 11 is 0. The molecule has 96 valence electrons. The van der Waals surface area contributed by atoms with Crippen LogP contribution in [0.2, 0.25) is 6.04 Å². The number of hydrogen-bond donors (Lipinski definition) is 1. The molecule has 19 heavy (non-hydrogen) atoms. The van der Waals surface area contributed by atoms with E-state index < -0.39 is 8.32 Å². The molecule has 2 heteroatoms. The van der Waals surface area contributed by atoms with Gasteiger partial charge in [0.05, 0.1) is 0 Å². The fourth-order valence-electron chi connectivity index (χ4n) is 2.11. The maximum atomic E-state index is 11.2. The molecule has 2 rings (SSSR count). The van der Waals surface area contributed by atoms with Gasteiger partial charge in [-0.25, -0.2) is 0 Å². The predicted molar refractivity (Wildman–Crippen MR) is 83.0 cm³/mol. The topological polar surface area (TPSA) is 20.2 Å². The minimum Gasteiger partial charge on any atom is -0.423 e. The number of benzene rings is 2. The lowest BCUT2D eigenvalue weighted by Crippen LogP contribution is -2.58. The molecule has 0 bridgehead atoms. The minimum atomic E-state index is -2.71. The molecular weight excluding hydrogens is 248 g/mol. The Hall–Kier alpha value is -1.82. The SMILES string of the molecule is CCC#CC[Si](O)(c1ccccc1)c1ccccc1. The van der Waals surface area contributed by atoms with E-state index in [9.17, 15) is 4.80 Å². The molecule has 0 amide bonds. The molecular formula is C17H18OSi. The van der Waals surface area contributed by atoms with Crippen LogP contribution in [0.15, 0.2) is 60.7 Å². The summed E-state index contributed by atoms with van der Waals surface area (Å²) in [6.45, 7) is 2.03. The second-order valence-corrected chi connectivity index (χ2v) is 7.71. The highest BCUT2D eigenvalue weighted by atomic mass is 28.4. The molecule has 2 aromatic rings. The van der Waals surface area contributed by atoms with Gasteiger partial charge in [0.1, 0.15) is 0 Å². The monoisotopic (exact) mass is 266 g/mol. The van der Waals surface area contributed by atoms with Crippen LogP contribution in [0.25, 0.3) is 0 Å². The van der Waals surface area contributed by atoms with Crippen LogP contribution in [-0.2, 0) is 0 Å². The van der Waals surface area contributed by atoms with Gasteiger partial charge in [0.15, 0.2) is 0 Å². The number of rotatable bonds is 3. The Balaban J connectivity index is 2.44. The molecule has 0 aromatic heterocycles. The molecule has 0 unspecified atom stereocenters. The molecule has 0 saturated heterocycles. The molecule has 0 aliphatic carbocycles. The molecule has 1 N–H and O–H groups in total. The van der Waals surface area contributed by atoms with E-state index in [1.54, 1.807) is 0 Å². The lowest BCUT2D eigenvalue weighted by molar-refractivity contribution is 0.571. The maximum Gasteiger partial charge on any atom is 0.264 e. The predicted octanol–water partition coefficient (Wildman–Crippen LogP) is 2.15. The summed E-state index contributed by atoms with van der Waals surface area (Å²) < 4.78 is 0. The molecule has 1 nitrogen and oxygen atoms in total. The molecule has 0 heterocycles. The van der Waals surface area contributed by atoms with Crippen molar-refractivity contribution in [2.45, 2.75) is 19.4 Å². The standard InChI is InChI=1S/C17H18OSi/c1-2-3-10-15-19(18,16-11-6-4-7-12-16)17-13-8-5-9-14-17/h4-9,11-14,18H,2,15H2,1H3. The Bertz CT molecular complexity index is 527. The van der Waals surface area contributed by atoms with Gasteiger partial charge in [-0.2, -0.15) is 0 Å². The van der Waals surface area contributed by atoms with Gasteiger partial charge < -0.3 is 4.80 Å². The summed E-state index contributed by atoms with van der Waals surface area (Å²) in [4.78, 5) is 11.2. The van der Waals surface area contributed by atoms with Gasteiger partial charge in [-0.3, -0.25) is 0 Å². The van der Waals surface area contributed by atoms with Crippen LogP contribution < -0.4 is 10.4 Å². The normalized spacial score (nSPS) is 10.6. The second-order valence-electron chi connectivity index (χ2n) is 4.48. The van der Waals surface area contributed by atoms with Crippen molar-refractivity contribution in [3.8, 4) is 11.8 Å². The molecule has 0 radical (unpaired) electrons. The zero-order chi connectivity index (χ0) is 13.6. The van der Waals surface area contributed by atoms with Crippen molar-refractivity contribution < 1.29 is 4.80 Å². The van der Waals surface area contributed by atoms with Crippen LogP contribution in [0.3, 0.4) is 0 Å². The Kier molecular flexibility index (Phi) is 4.56. The second kappa shape index (κ2) is 6.37. The van der Waals surface area contributed by atoms with Crippen molar-refractivity contribution in [2.24, 2.45) is 0 Å². The average Bonchev–Trinajstić information content (AvgIpc) is 2.49. The lowest BCUT2D eigenvalue weighted by Gasteiger charge is -2.24. The first-order valence-electron chi connectivity index (χ1n) is 6.56. The Morgan fingerprint density at radius 1 is 0.842 bits per heavy atom. The zero-order valence-corrected chi connectivity index (χ0v) is 12.1. The van der Waals surface area contributed by atoms with Crippen molar-refractivity contribution in [1.82, 2.24) is 0 Å². The van der Waals surface area contributed by atoms with Gasteiger partial charge in [-0.1, -0.05) is 67.6 Å². The van der Waals surface area contributed by atoms with Crippen LogP contribution in [0.4, 0.5) is 0 Å². The van der Waals surface area contributed by atoms with E-state index >= 15 is 0 Å². The molecule has 0 atom stereocenters. The largest absolute Gasteiger partial charge is 0.423 e. The van der Waals surface area contributed by atoms with Crippen LogP contribution >= 0.6 is 0 Å². The van der Waals surface area contributed by atoms with Gasteiger partial charge in [0.2, 0.25) is 0 Å². The molecule has 0 aliphatic rings. The Labute approximate surface area is 116 Å². The van der Waals surface area contributed by atoms with Crippen molar-refractivity contribution >= 4 is 18.7 Å². The summed E-state index contributed by atoms with van der Waals surface area (Å²) in [6.07, 6.45) is 0.827. The van der Waals surface area contributed by atoms with Gasteiger partial charge in [0, 0.05) is 12.5 Å². The lowest BCUT2D eigenvalue weighted by atomic mass is 10.4. The molecule has 0 aliphatic heterocycles. The van der Waals surface area contributed by atoms with E-state index in [-0.39, 0.29) is 0 Å². The van der Waals surface area contributed by atoms with Gasteiger partial charge in [0.25, 0.3) is 8.32 Å². The van der Waals surface area contributed by atoms with Crippen molar-refractivity contribution in [2.75, 3.05) is 0 Å². The summed E-state index contributed by atoms with van der Waals surface area (Å²) in [7, 11) is -2.71. The Morgan fingerprint density at radius 3 is 1.74 bits per heavy atom. The van der Waals surface area contributed by atoms with Crippen LogP contribution in [0.1, 0.15) is 13.3 Å². The van der Waals surface area contributed by atoms with E-state index in [0.717, 1.165) is 16.8 Å². The Morgan fingerprint density at radius 2 is 1.32 bits per heavy atom. The summed E-state index contributed by atoms with van der Waals surface area (Å²) in [5.74, 6) is 6.20. The molecule has 0 saturated carbocycles. The van der Waals surface area contributed by atoms with E-state index in [4.69, 9.17) is 0 Å². The first kappa shape index (κ1) is 13.6. The first-order valence-corrected chi connectivity index (χ1v) is 8.72. The molecule has 0 spiro atoms. The van der Waals surface area contributed by atoms with Crippen molar-refractivity contribution in [3.05, 3.63) is 60.7 Å². The summed E-state index contributed by atoms with van der Waals surface area (Å²) in [5, 5.41) is 2.04. The molecule has 2 aromatic carbocycles. The molecule has 0 fully saturated rings. The van der Waals surface area contributed by atoms with E-state index in [1.165, 1.54) is 0 Å². The number of hydrogen-bond acceptors (Lipinski definition) is 1.